The van der Waals surface area contributed by atoms with Crippen molar-refractivity contribution in [1.29, 1.82) is 0 Å². The molecule has 0 aliphatic carbocycles. The van der Waals surface area contributed by atoms with Gasteiger partial charge in [-0.2, -0.15) is 23.3 Å². The van der Waals surface area contributed by atoms with Gasteiger partial charge in [-0.05, 0) is 55.8 Å². The van der Waals surface area contributed by atoms with E-state index in [2.05, 4.69) is 20.4 Å². The maximum Gasteiger partial charge on any atom is 0.417 e. The van der Waals surface area contributed by atoms with Crippen molar-refractivity contribution in [3.63, 3.8) is 0 Å². The summed E-state index contributed by atoms with van der Waals surface area (Å²) >= 11 is 1.09. The fourth-order valence-corrected chi connectivity index (χ4v) is 5.16. The van der Waals surface area contributed by atoms with E-state index < -0.39 is 23.6 Å². The first kappa shape index (κ1) is 29.9. The van der Waals surface area contributed by atoms with E-state index in [1.54, 1.807) is 13.2 Å². The number of benzene rings is 2. The molecule has 1 saturated heterocycles. The highest BCUT2D eigenvalue weighted by Crippen LogP contribution is 2.35. The number of ether oxygens (including phenoxy) is 1. The zero-order valence-corrected chi connectivity index (χ0v) is 23.8. The summed E-state index contributed by atoms with van der Waals surface area (Å²) in [5, 5.41) is 6.82. The molecule has 1 fully saturated rings. The number of aliphatic imine (C=N–C) groups is 1. The van der Waals surface area contributed by atoms with Crippen molar-refractivity contribution in [2.75, 3.05) is 23.1 Å². The number of nitrogens with zero attached hydrogens (tertiary/aromatic N) is 5. The van der Waals surface area contributed by atoms with Gasteiger partial charge in [0.05, 0.1) is 34.5 Å². The second-order valence-electron chi connectivity index (χ2n) is 9.53. The van der Waals surface area contributed by atoms with Crippen molar-refractivity contribution in [2.45, 2.75) is 26.1 Å². The van der Waals surface area contributed by atoms with Crippen molar-refractivity contribution < 1.29 is 31.9 Å². The molecule has 1 aliphatic rings. The molecule has 3 amide bonds. The molecule has 0 spiro atoms. The maximum atomic E-state index is 15.0. The third-order valence-electron chi connectivity index (χ3n) is 6.59. The van der Waals surface area contributed by atoms with Gasteiger partial charge in [-0.1, -0.05) is 30.0 Å². The van der Waals surface area contributed by atoms with Crippen LogP contribution in [0.4, 0.5) is 33.7 Å². The van der Waals surface area contributed by atoms with E-state index in [0.717, 1.165) is 35.0 Å². The van der Waals surface area contributed by atoms with Crippen LogP contribution in [-0.2, 0) is 15.7 Å². The maximum absolute atomic E-state index is 15.0. The summed E-state index contributed by atoms with van der Waals surface area (Å²) in [7, 11) is 1.55. The topological polar surface area (TPSA) is 102 Å². The van der Waals surface area contributed by atoms with E-state index >= 15 is 4.39 Å². The first-order valence-corrected chi connectivity index (χ1v) is 13.8. The van der Waals surface area contributed by atoms with E-state index in [1.165, 1.54) is 34.0 Å². The molecule has 14 heteroatoms. The lowest BCUT2D eigenvalue weighted by molar-refractivity contribution is -0.137. The van der Waals surface area contributed by atoms with E-state index in [0.29, 0.717) is 23.1 Å². The van der Waals surface area contributed by atoms with Crippen LogP contribution >= 0.6 is 11.8 Å². The van der Waals surface area contributed by atoms with Crippen LogP contribution in [0.1, 0.15) is 29.7 Å². The number of amidine groups is 1. The standard InChI is InChI=1S/C29H24F4N6O3S/c1-16-4-7-20(17(2)42-3)24(12-16)39-26(40)15-43-28(39)36-27(41)35-23-8-5-18(13-21(23)30)22-10-11-38(37-22)25-9-6-19(14-34-25)29(31,32)33/h4-14,17H,15H2,1-3H3,(H,35,41). The Bertz CT molecular complexity index is 1720. The average molecular weight is 613 g/mol. The number of pyridine rings is 1. The fourth-order valence-electron chi connectivity index (χ4n) is 4.30. The second-order valence-corrected chi connectivity index (χ2v) is 10.5. The smallest absolute Gasteiger partial charge is 0.377 e. The van der Waals surface area contributed by atoms with Gasteiger partial charge in [0.15, 0.2) is 11.0 Å². The molecule has 9 nitrogen and oxygen atoms in total. The third kappa shape index (κ3) is 6.44. The number of carbonyl (C=O) groups is 2. The molecule has 1 unspecified atom stereocenters. The van der Waals surface area contributed by atoms with Gasteiger partial charge >= 0.3 is 12.2 Å². The number of urea groups is 1. The van der Waals surface area contributed by atoms with Gasteiger partial charge in [0.2, 0.25) is 5.91 Å². The highest BCUT2D eigenvalue weighted by Gasteiger charge is 2.33. The number of anilines is 2. The quantitative estimate of drug-likeness (QED) is 0.241. The molecule has 0 saturated carbocycles. The van der Waals surface area contributed by atoms with Crippen LogP contribution in [0.25, 0.3) is 17.1 Å². The Morgan fingerprint density at radius 2 is 1.93 bits per heavy atom. The molecule has 1 N–H and O–H groups in total. The molecule has 5 rings (SSSR count). The Balaban J connectivity index is 1.33. The number of alkyl halides is 3. The molecule has 1 aliphatic heterocycles. The molecule has 3 heterocycles. The number of thioether (sulfide) groups is 1. The second kappa shape index (κ2) is 12.0. The zero-order chi connectivity index (χ0) is 30.9. The van der Waals surface area contributed by atoms with Crippen molar-refractivity contribution in [2.24, 2.45) is 4.99 Å². The minimum atomic E-state index is -4.51. The molecule has 43 heavy (non-hydrogen) atoms. The fraction of sp³-hybridized carbons (Fsp3) is 0.207. The SMILES string of the molecule is COC(C)c1ccc(C)cc1N1C(=O)CSC1=NC(=O)Nc1ccc(-c2ccn(-c3ccc(C(F)(F)F)cn3)n2)cc1F. The molecule has 1 atom stereocenters. The zero-order valence-electron chi connectivity index (χ0n) is 23.0. The minimum absolute atomic E-state index is 0.0819. The number of methoxy groups -OCH3 is 1. The van der Waals surface area contributed by atoms with Gasteiger partial charge in [0.1, 0.15) is 5.82 Å². The van der Waals surface area contributed by atoms with E-state index in [4.69, 9.17) is 4.74 Å². The van der Waals surface area contributed by atoms with Gasteiger partial charge in [-0.15, -0.1) is 0 Å². The number of hydrogen-bond donors (Lipinski definition) is 1. The Morgan fingerprint density at radius 1 is 1.14 bits per heavy atom. The van der Waals surface area contributed by atoms with Crippen LogP contribution in [0.15, 0.2) is 72.0 Å². The molecule has 222 valence electrons. The van der Waals surface area contributed by atoms with Crippen LogP contribution in [0.5, 0.6) is 0 Å². The van der Waals surface area contributed by atoms with Crippen molar-refractivity contribution >= 4 is 40.2 Å². The Morgan fingerprint density at radius 3 is 2.60 bits per heavy atom. The number of aryl methyl sites for hydroxylation is 1. The lowest BCUT2D eigenvalue weighted by Crippen LogP contribution is -2.31. The lowest BCUT2D eigenvalue weighted by atomic mass is 10.0. The number of halogens is 4. The summed E-state index contributed by atoms with van der Waals surface area (Å²) in [5.74, 6) is -0.795. The van der Waals surface area contributed by atoms with Crippen LogP contribution in [0.2, 0.25) is 0 Å². The van der Waals surface area contributed by atoms with E-state index in [9.17, 15) is 22.8 Å². The number of amides is 3. The number of rotatable bonds is 6. The monoisotopic (exact) mass is 612 g/mol. The average Bonchev–Trinajstić information content (AvgIpc) is 3.60. The first-order valence-electron chi connectivity index (χ1n) is 12.8. The Hall–Kier alpha value is -4.56. The van der Waals surface area contributed by atoms with Crippen LogP contribution < -0.4 is 10.2 Å². The van der Waals surface area contributed by atoms with E-state index in [1.807, 2.05) is 32.0 Å². The highest BCUT2D eigenvalue weighted by molar-refractivity contribution is 8.15. The molecular weight excluding hydrogens is 588 g/mol. The molecule has 0 bridgehead atoms. The number of hydrogen-bond acceptors (Lipinski definition) is 6. The number of carbonyl (C=O) groups excluding carboxylic acids is 2. The third-order valence-corrected chi connectivity index (χ3v) is 7.51. The summed E-state index contributed by atoms with van der Waals surface area (Å²) in [6.07, 6.45) is -2.65. The Kier molecular flexibility index (Phi) is 8.33. The minimum Gasteiger partial charge on any atom is -0.377 e. The molecule has 0 radical (unpaired) electrons. The molecule has 2 aromatic carbocycles. The van der Waals surface area contributed by atoms with Crippen LogP contribution in [0, 0.1) is 12.7 Å². The molecule has 4 aromatic rings. The van der Waals surface area contributed by atoms with Crippen molar-refractivity contribution in [1.82, 2.24) is 14.8 Å². The largest absolute Gasteiger partial charge is 0.417 e. The van der Waals surface area contributed by atoms with Gasteiger partial charge in [0, 0.05) is 30.6 Å². The van der Waals surface area contributed by atoms with E-state index in [-0.39, 0.29) is 34.4 Å². The molecular formula is C29H24F4N6O3S. The van der Waals surface area contributed by atoms with Crippen molar-refractivity contribution in [3.8, 4) is 17.1 Å². The predicted molar refractivity (Wildman–Crippen MR) is 155 cm³/mol. The van der Waals surface area contributed by atoms with Gasteiger partial charge < -0.3 is 10.1 Å². The Labute approximate surface area is 247 Å². The predicted octanol–water partition coefficient (Wildman–Crippen LogP) is 6.78. The first-order chi connectivity index (χ1) is 20.4. The van der Waals surface area contributed by atoms with Gasteiger partial charge in [-0.3, -0.25) is 9.69 Å². The molecule has 2 aromatic heterocycles. The number of aromatic nitrogens is 3. The summed E-state index contributed by atoms with van der Waals surface area (Å²) in [6.45, 7) is 3.72. The van der Waals surface area contributed by atoms with Gasteiger partial charge in [0.25, 0.3) is 0 Å². The normalized spacial score (nSPS) is 15.3. The summed E-state index contributed by atoms with van der Waals surface area (Å²) in [4.78, 5) is 34.8. The highest BCUT2D eigenvalue weighted by atomic mass is 32.2. The summed E-state index contributed by atoms with van der Waals surface area (Å²) < 4.78 is 60.2. The lowest BCUT2D eigenvalue weighted by Gasteiger charge is -2.23. The summed E-state index contributed by atoms with van der Waals surface area (Å²) in [5.41, 5.74) is 1.85. The number of nitrogens with one attached hydrogen (secondary N) is 1. The van der Waals surface area contributed by atoms with Crippen molar-refractivity contribution in [3.05, 3.63) is 89.5 Å². The van der Waals surface area contributed by atoms with Gasteiger partial charge in [-0.25, -0.2) is 18.9 Å². The van der Waals surface area contributed by atoms with Crippen LogP contribution in [-0.4, -0.2) is 44.7 Å². The summed E-state index contributed by atoms with van der Waals surface area (Å²) in [6, 6.07) is 12.3. The van der Waals surface area contributed by atoms with Crippen LogP contribution in [0.3, 0.4) is 0 Å².